The number of carbonyl (C=O) groups excluding carboxylic acids is 1. The summed E-state index contributed by atoms with van der Waals surface area (Å²) in [5, 5.41) is 3.43. The molecule has 4 rings (SSSR count). The number of anilines is 1. The van der Waals surface area contributed by atoms with Crippen molar-refractivity contribution in [1.82, 2.24) is 19.8 Å². The average Bonchev–Trinajstić information content (AvgIpc) is 2.81. The second-order valence-electron chi connectivity index (χ2n) is 8.79. The Labute approximate surface area is 200 Å². The predicted molar refractivity (Wildman–Crippen MR) is 133 cm³/mol. The largest absolute Gasteiger partial charge is 0.322 e. The van der Waals surface area contributed by atoms with Crippen molar-refractivity contribution in [3.8, 4) is 0 Å². The van der Waals surface area contributed by atoms with E-state index in [-0.39, 0.29) is 11.8 Å². The molecule has 2 aromatic carbocycles. The Bertz CT molecular complexity index is 1080. The molecule has 3 aromatic rings. The van der Waals surface area contributed by atoms with Crippen LogP contribution in [0.3, 0.4) is 0 Å². The van der Waals surface area contributed by atoms with Gasteiger partial charge in [0.1, 0.15) is 5.15 Å². The van der Waals surface area contributed by atoms with Crippen LogP contribution in [-0.4, -0.2) is 58.9 Å². The maximum absolute atomic E-state index is 12.8. The van der Waals surface area contributed by atoms with Crippen LogP contribution in [0, 0.1) is 0 Å². The minimum absolute atomic E-state index is 0.105. The van der Waals surface area contributed by atoms with Crippen LogP contribution in [0.4, 0.5) is 5.69 Å². The highest BCUT2D eigenvalue weighted by molar-refractivity contribution is 6.29. The van der Waals surface area contributed by atoms with Gasteiger partial charge in [-0.2, -0.15) is 0 Å². The zero-order valence-corrected chi connectivity index (χ0v) is 19.9. The Morgan fingerprint density at radius 3 is 2.58 bits per heavy atom. The van der Waals surface area contributed by atoms with Crippen molar-refractivity contribution < 1.29 is 4.79 Å². The molecule has 7 heteroatoms. The third kappa shape index (κ3) is 6.60. The third-order valence-corrected chi connectivity index (χ3v) is 6.28. The van der Waals surface area contributed by atoms with Crippen molar-refractivity contribution in [2.75, 3.05) is 38.5 Å². The van der Waals surface area contributed by atoms with Crippen LogP contribution in [0.1, 0.15) is 40.0 Å². The van der Waals surface area contributed by atoms with E-state index in [1.807, 2.05) is 30.3 Å². The standard InChI is InChI=1S/C26H30ClN5O/c1-19(14-24-16-28-17-25(27)29-24)22-4-3-5-23(15-22)30-26(33)21-8-6-20(7-9-21)18-32-12-10-31(2)11-13-32/h3-9,15-17,19H,10-14,18H2,1-2H3,(H,30,33)/t19-/m1/s1. The molecule has 0 unspecified atom stereocenters. The molecule has 1 aromatic heterocycles. The van der Waals surface area contributed by atoms with E-state index < -0.39 is 0 Å². The number of amides is 1. The molecule has 0 spiro atoms. The van der Waals surface area contributed by atoms with Crippen LogP contribution >= 0.6 is 11.6 Å². The van der Waals surface area contributed by atoms with Gasteiger partial charge >= 0.3 is 0 Å². The molecule has 0 radical (unpaired) electrons. The number of piperazine rings is 1. The summed E-state index contributed by atoms with van der Waals surface area (Å²) in [4.78, 5) is 26.0. The van der Waals surface area contributed by atoms with Crippen molar-refractivity contribution >= 4 is 23.2 Å². The molecule has 0 bridgehead atoms. The second kappa shape index (κ2) is 10.9. The minimum atomic E-state index is -0.105. The van der Waals surface area contributed by atoms with Crippen LogP contribution in [0.15, 0.2) is 60.9 Å². The van der Waals surface area contributed by atoms with Crippen molar-refractivity contribution in [2.45, 2.75) is 25.8 Å². The molecule has 1 amide bonds. The first-order chi connectivity index (χ1) is 16.0. The molecule has 1 saturated heterocycles. The number of aromatic nitrogens is 2. The molecule has 0 aliphatic carbocycles. The van der Waals surface area contributed by atoms with Gasteiger partial charge in [-0.25, -0.2) is 4.98 Å². The number of carbonyl (C=O) groups is 1. The highest BCUT2D eigenvalue weighted by Gasteiger charge is 2.15. The quantitative estimate of drug-likeness (QED) is 0.560. The van der Waals surface area contributed by atoms with E-state index in [4.69, 9.17) is 11.6 Å². The van der Waals surface area contributed by atoms with E-state index in [9.17, 15) is 4.79 Å². The first kappa shape index (κ1) is 23.4. The molecule has 1 atom stereocenters. The molecule has 6 nitrogen and oxygen atoms in total. The van der Waals surface area contributed by atoms with E-state index in [2.05, 4.69) is 57.3 Å². The lowest BCUT2D eigenvalue weighted by Gasteiger charge is -2.32. The maximum atomic E-state index is 12.8. The summed E-state index contributed by atoms with van der Waals surface area (Å²) in [6.07, 6.45) is 3.99. The SMILES string of the molecule is C[C@H](Cc1cncc(Cl)n1)c1cccc(NC(=O)c2ccc(CN3CCN(C)CC3)cc2)c1. The summed E-state index contributed by atoms with van der Waals surface area (Å²) < 4.78 is 0. The van der Waals surface area contributed by atoms with Gasteiger partial charge in [0, 0.05) is 50.2 Å². The van der Waals surface area contributed by atoms with Gasteiger partial charge in [-0.05, 0) is 54.8 Å². The molecule has 1 aliphatic rings. The molecular formula is C26H30ClN5O. The third-order valence-electron chi connectivity index (χ3n) is 6.10. The number of rotatable bonds is 7. The fourth-order valence-corrected chi connectivity index (χ4v) is 4.23. The fraction of sp³-hybridized carbons (Fsp3) is 0.346. The van der Waals surface area contributed by atoms with E-state index in [0.29, 0.717) is 10.7 Å². The lowest BCUT2D eigenvalue weighted by Crippen LogP contribution is -2.43. The zero-order chi connectivity index (χ0) is 23.2. The van der Waals surface area contributed by atoms with Gasteiger partial charge in [-0.15, -0.1) is 0 Å². The monoisotopic (exact) mass is 463 g/mol. The van der Waals surface area contributed by atoms with E-state index in [1.54, 1.807) is 6.20 Å². The molecule has 1 fully saturated rings. The second-order valence-corrected chi connectivity index (χ2v) is 9.18. The summed E-state index contributed by atoms with van der Waals surface area (Å²) in [6.45, 7) is 7.42. The van der Waals surface area contributed by atoms with Crippen LogP contribution in [0.25, 0.3) is 0 Å². The molecule has 1 N–H and O–H groups in total. The normalized spacial score (nSPS) is 15.8. The van der Waals surface area contributed by atoms with E-state index in [1.165, 1.54) is 11.8 Å². The summed E-state index contributed by atoms with van der Waals surface area (Å²) in [5.41, 5.74) is 4.64. The summed E-state index contributed by atoms with van der Waals surface area (Å²) in [6, 6.07) is 15.9. The molecule has 2 heterocycles. The van der Waals surface area contributed by atoms with Gasteiger partial charge < -0.3 is 10.2 Å². The number of nitrogens with zero attached hydrogens (tertiary/aromatic N) is 4. The smallest absolute Gasteiger partial charge is 0.255 e. The number of benzene rings is 2. The van der Waals surface area contributed by atoms with Crippen LogP contribution in [0.5, 0.6) is 0 Å². The summed E-state index contributed by atoms with van der Waals surface area (Å²) in [7, 11) is 2.16. The van der Waals surface area contributed by atoms with Crippen LogP contribution in [0.2, 0.25) is 5.15 Å². The molecule has 1 aliphatic heterocycles. The molecule has 172 valence electrons. The van der Waals surface area contributed by atoms with Gasteiger partial charge in [0.15, 0.2) is 0 Å². The van der Waals surface area contributed by atoms with Gasteiger partial charge in [-0.3, -0.25) is 14.7 Å². The highest BCUT2D eigenvalue weighted by Crippen LogP contribution is 2.23. The fourth-order valence-electron chi connectivity index (χ4n) is 4.06. The lowest BCUT2D eigenvalue weighted by atomic mass is 9.96. The number of likely N-dealkylation sites (N-methyl/N-ethyl adjacent to an activating group) is 1. The number of hydrogen-bond acceptors (Lipinski definition) is 5. The van der Waals surface area contributed by atoms with Gasteiger partial charge in [0.05, 0.1) is 11.9 Å². The summed E-state index contributed by atoms with van der Waals surface area (Å²) >= 11 is 5.95. The Morgan fingerprint density at radius 1 is 1.09 bits per heavy atom. The first-order valence-corrected chi connectivity index (χ1v) is 11.7. The van der Waals surface area contributed by atoms with E-state index >= 15 is 0 Å². The molecular weight excluding hydrogens is 434 g/mol. The van der Waals surface area contributed by atoms with Gasteiger partial charge in [0.25, 0.3) is 5.91 Å². The molecule has 33 heavy (non-hydrogen) atoms. The predicted octanol–water partition coefficient (Wildman–Crippen LogP) is 4.48. The van der Waals surface area contributed by atoms with Crippen LogP contribution in [-0.2, 0) is 13.0 Å². The Balaban J connectivity index is 1.35. The van der Waals surface area contributed by atoms with Crippen molar-refractivity contribution in [3.63, 3.8) is 0 Å². The minimum Gasteiger partial charge on any atom is -0.322 e. The number of halogens is 1. The lowest BCUT2D eigenvalue weighted by molar-refractivity contribution is 0.102. The van der Waals surface area contributed by atoms with Crippen molar-refractivity contribution in [3.05, 3.63) is 88.5 Å². The molecule has 0 saturated carbocycles. The maximum Gasteiger partial charge on any atom is 0.255 e. The number of hydrogen-bond donors (Lipinski definition) is 1. The Kier molecular flexibility index (Phi) is 7.70. The van der Waals surface area contributed by atoms with Crippen molar-refractivity contribution in [1.29, 1.82) is 0 Å². The zero-order valence-electron chi connectivity index (χ0n) is 19.2. The van der Waals surface area contributed by atoms with Crippen LogP contribution < -0.4 is 5.32 Å². The number of nitrogens with one attached hydrogen (secondary N) is 1. The summed E-state index contributed by atoms with van der Waals surface area (Å²) in [5.74, 6) is 0.107. The Hall–Kier alpha value is -2.80. The van der Waals surface area contributed by atoms with E-state index in [0.717, 1.165) is 56.1 Å². The van der Waals surface area contributed by atoms with Gasteiger partial charge in [0.2, 0.25) is 0 Å². The highest BCUT2D eigenvalue weighted by atomic mass is 35.5. The van der Waals surface area contributed by atoms with Gasteiger partial charge in [-0.1, -0.05) is 42.8 Å². The first-order valence-electron chi connectivity index (χ1n) is 11.3. The topological polar surface area (TPSA) is 61.4 Å². The average molecular weight is 464 g/mol. The Morgan fingerprint density at radius 2 is 1.85 bits per heavy atom. The van der Waals surface area contributed by atoms with Crippen molar-refractivity contribution in [2.24, 2.45) is 0 Å².